The number of hydrogen-bond acceptors (Lipinski definition) is 3. The monoisotopic (exact) mass is 415 g/mol. The highest BCUT2D eigenvalue weighted by Gasteiger charge is 2.34. The van der Waals surface area contributed by atoms with E-state index in [0.29, 0.717) is 11.4 Å². The zero-order valence-corrected chi connectivity index (χ0v) is 16.3. The van der Waals surface area contributed by atoms with Crippen molar-refractivity contribution in [1.29, 1.82) is 0 Å². The molecule has 0 bridgehead atoms. The van der Waals surface area contributed by atoms with Crippen molar-refractivity contribution in [2.24, 2.45) is 0 Å². The average molecular weight is 415 g/mol. The SMILES string of the molecule is Cc1cc(NC(=O)COc2ccc3c(c2)CCC3)n(-c2ccccc2C(F)(F)F)n1. The van der Waals surface area contributed by atoms with Crippen molar-refractivity contribution in [2.45, 2.75) is 32.4 Å². The number of benzene rings is 2. The van der Waals surface area contributed by atoms with Gasteiger partial charge in [0.1, 0.15) is 11.6 Å². The Kier molecular flexibility index (Phi) is 5.24. The van der Waals surface area contributed by atoms with Gasteiger partial charge in [0, 0.05) is 6.07 Å². The summed E-state index contributed by atoms with van der Waals surface area (Å²) in [6.07, 6.45) is -1.38. The molecule has 4 rings (SSSR count). The number of aryl methyl sites for hydroxylation is 3. The molecule has 1 aliphatic rings. The number of hydrogen-bond donors (Lipinski definition) is 1. The Morgan fingerprint density at radius 3 is 2.70 bits per heavy atom. The molecule has 0 fully saturated rings. The molecule has 0 unspecified atom stereocenters. The zero-order valence-electron chi connectivity index (χ0n) is 16.3. The molecule has 0 aliphatic heterocycles. The van der Waals surface area contributed by atoms with Crippen LogP contribution in [0.5, 0.6) is 5.75 Å². The third-order valence-corrected chi connectivity index (χ3v) is 4.98. The van der Waals surface area contributed by atoms with Gasteiger partial charge in [0.05, 0.1) is 16.9 Å². The Hall–Kier alpha value is -3.29. The van der Waals surface area contributed by atoms with Crippen LogP contribution in [0.2, 0.25) is 0 Å². The number of aromatic nitrogens is 2. The van der Waals surface area contributed by atoms with Gasteiger partial charge in [-0.2, -0.15) is 18.3 Å². The Morgan fingerprint density at radius 1 is 1.13 bits per heavy atom. The molecule has 1 aromatic heterocycles. The van der Waals surface area contributed by atoms with Crippen molar-refractivity contribution in [3.63, 3.8) is 0 Å². The van der Waals surface area contributed by atoms with Crippen LogP contribution < -0.4 is 10.1 Å². The minimum absolute atomic E-state index is 0.145. The van der Waals surface area contributed by atoms with Gasteiger partial charge in [0.15, 0.2) is 6.61 Å². The molecule has 1 aliphatic carbocycles. The maximum absolute atomic E-state index is 13.4. The minimum Gasteiger partial charge on any atom is -0.484 e. The second kappa shape index (κ2) is 7.85. The van der Waals surface area contributed by atoms with Crippen LogP contribution in [0.3, 0.4) is 0 Å². The van der Waals surface area contributed by atoms with Gasteiger partial charge in [-0.05, 0) is 61.6 Å². The number of para-hydroxylation sites is 1. The van der Waals surface area contributed by atoms with Gasteiger partial charge >= 0.3 is 6.18 Å². The Labute approximate surface area is 171 Å². The lowest BCUT2D eigenvalue weighted by Gasteiger charge is -2.15. The number of ether oxygens (including phenoxy) is 1. The predicted molar refractivity (Wildman–Crippen MR) is 106 cm³/mol. The van der Waals surface area contributed by atoms with Crippen LogP contribution in [0.15, 0.2) is 48.5 Å². The van der Waals surface area contributed by atoms with E-state index in [1.807, 2.05) is 18.2 Å². The number of nitrogens with zero attached hydrogens (tertiary/aromatic N) is 2. The molecule has 30 heavy (non-hydrogen) atoms. The van der Waals surface area contributed by atoms with Crippen molar-refractivity contribution >= 4 is 11.7 Å². The first-order valence-corrected chi connectivity index (χ1v) is 9.59. The molecule has 5 nitrogen and oxygen atoms in total. The van der Waals surface area contributed by atoms with Crippen molar-refractivity contribution in [3.8, 4) is 11.4 Å². The minimum atomic E-state index is -4.55. The smallest absolute Gasteiger partial charge is 0.418 e. The maximum Gasteiger partial charge on any atom is 0.418 e. The molecule has 0 spiro atoms. The van der Waals surface area contributed by atoms with Crippen LogP contribution in [-0.2, 0) is 23.8 Å². The highest BCUT2D eigenvalue weighted by Crippen LogP contribution is 2.34. The fourth-order valence-electron chi connectivity index (χ4n) is 3.64. The maximum atomic E-state index is 13.4. The number of halogens is 3. The van der Waals surface area contributed by atoms with Crippen LogP contribution in [0.25, 0.3) is 5.69 Å². The molecule has 3 aromatic rings. The summed E-state index contributed by atoms with van der Waals surface area (Å²) in [6, 6.07) is 12.4. The van der Waals surface area contributed by atoms with Crippen molar-refractivity contribution in [2.75, 3.05) is 11.9 Å². The van der Waals surface area contributed by atoms with Crippen molar-refractivity contribution in [3.05, 3.63) is 70.9 Å². The van der Waals surface area contributed by atoms with E-state index in [9.17, 15) is 18.0 Å². The van der Waals surface area contributed by atoms with Gasteiger partial charge in [-0.3, -0.25) is 4.79 Å². The second-order valence-corrected chi connectivity index (χ2v) is 7.22. The predicted octanol–water partition coefficient (Wildman–Crippen LogP) is 4.71. The van der Waals surface area contributed by atoms with Crippen LogP contribution in [0, 0.1) is 6.92 Å². The summed E-state index contributed by atoms with van der Waals surface area (Å²) in [6.45, 7) is 1.38. The first-order valence-electron chi connectivity index (χ1n) is 9.59. The molecule has 0 radical (unpaired) electrons. The topological polar surface area (TPSA) is 56.1 Å². The summed E-state index contributed by atoms with van der Waals surface area (Å²) in [7, 11) is 0. The lowest BCUT2D eigenvalue weighted by molar-refractivity contribution is -0.137. The summed E-state index contributed by atoms with van der Waals surface area (Å²) in [4.78, 5) is 12.4. The molecular weight excluding hydrogens is 395 g/mol. The number of fused-ring (bicyclic) bond motifs is 1. The number of carbonyl (C=O) groups is 1. The quantitative estimate of drug-likeness (QED) is 0.657. The molecule has 2 aromatic carbocycles. The molecule has 156 valence electrons. The number of anilines is 1. The van der Waals surface area contributed by atoms with E-state index in [0.717, 1.165) is 30.0 Å². The Balaban J connectivity index is 1.50. The van der Waals surface area contributed by atoms with Gasteiger partial charge in [0.2, 0.25) is 0 Å². The van der Waals surface area contributed by atoms with E-state index < -0.39 is 17.6 Å². The molecule has 0 atom stereocenters. The van der Waals surface area contributed by atoms with Crippen LogP contribution >= 0.6 is 0 Å². The lowest BCUT2D eigenvalue weighted by Crippen LogP contribution is -2.22. The molecule has 0 saturated heterocycles. The lowest BCUT2D eigenvalue weighted by atomic mass is 10.1. The molecule has 1 amide bonds. The van der Waals surface area contributed by atoms with Gasteiger partial charge in [0.25, 0.3) is 5.91 Å². The molecule has 1 N–H and O–H groups in total. The standard InChI is InChI=1S/C22H20F3N3O2/c1-14-11-20(28(27-14)19-8-3-2-7-18(19)22(23,24)25)26-21(29)13-30-17-10-9-15-5-4-6-16(15)12-17/h2-3,7-12H,4-6,13H2,1H3,(H,26,29). The normalized spacial score (nSPS) is 13.2. The summed E-state index contributed by atoms with van der Waals surface area (Å²) in [5.74, 6) is 0.255. The summed E-state index contributed by atoms with van der Waals surface area (Å²) >= 11 is 0. The number of rotatable bonds is 5. The first kappa shape index (κ1) is 20.0. The van der Waals surface area contributed by atoms with E-state index >= 15 is 0 Å². The van der Waals surface area contributed by atoms with Gasteiger partial charge in [-0.25, -0.2) is 4.68 Å². The Morgan fingerprint density at radius 2 is 1.90 bits per heavy atom. The van der Waals surface area contributed by atoms with Crippen molar-refractivity contribution in [1.82, 2.24) is 9.78 Å². The summed E-state index contributed by atoms with van der Waals surface area (Å²) in [5.41, 5.74) is 2.01. The van der Waals surface area contributed by atoms with E-state index in [1.165, 1.54) is 35.4 Å². The van der Waals surface area contributed by atoms with E-state index in [4.69, 9.17) is 4.74 Å². The molecule has 8 heteroatoms. The fourth-order valence-corrected chi connectivity index (χ4v) is 3.64. The van der Waals surface area contributed by atoms with Crippen LogP contribution in [0.1, 0.15) is 28.8 Å². The van der Waals surface area contributed by atoms with E-state index in [2.05, 4.69) is 10.4 Å². The molecule has 1 heterocycles. The Bertz CT molecular complexity index is 1090. The van der Waals surface area contributed by atoms with E-state index in [-0.39, 0.29) is 18.1 Å². The number of carbonyl (C=O) groups excluding carboxylic acids is 1. The van der Waals surface area contributed by atoms with Crippen LogP contribution in [-0.4, -0.2) is 22.3 Å². The average Bonchev–Trinajstić information content (AvgIpc) is 3.31. The number of alkyl halides is 3. The highest BCUT2D eigenvalue weighted by atomic mass is 19.4. The van der Waals surface area contributed by atoms with Gasteiger partial charge in [-0.15, -0.1) is 0 Å². The third-order valence-electron chi connectivity index (χ3n) is 4.98. The number of nitrogens with one attached hydrogen (secondary N) is 1. The highest BCUT2D eigenvalue weighted by molar-refractivity contribution is 5.91. The second-order valence-electron chi connectivity index (χ2n) is 7.22. The van der Waals surface area contributed by atoms with Crippen molar-refractivity contribution < 1.29 is 22.7 Å². The largest absolute Gasteiger partial charge is 0.484 e. The summed E-state index contributed by atoms with van der Waals surface area (Å²) in [5, 5.41) is 6.73. The number of amides is 1. The van der Waals surface area contributed by atoms with E-state index in [1.54, 1.807) is 6.92 Å². The first-order chi connectivity index (χ1) is 14.3. The molecule has 0 saturated carbocycles. The summed E-state index contributed by atoms with van der Waals surface area (Å²) < 4.78 is 46.8. The van der Waals surface area contributed by atoms with Crippen LogP contribution in [0.4, 0.5) is 19.0 Å². The van der Waals surface area contributed by atoms with Gasteiger partial charge < -0.3 is 10.1 Å². The zero-order chi connectivity index (χ0) is 21.3. The fraction of sp³-hybridized carbons (Fsp3) is 0.273. The molecular formula is C22H20F3N3O2. The third kappa shape index (κ3) is 4.17. The van der Waals surface area contributed by atoms with Gasteiger partial charge in [-0.1, -0.05) is 18.2 Å².